The molecule has 3 aromatic rings. The van der Waals surface area contributed by atoms with Gasteiger partial charge < -0.3 is 9.88 Å². The molecule has 0 aliphatic rings. The number of urea groups is 1. The van der Waals surface area contributed by atoms with Crippen molar-refractivity contribution in [1.82, 2.24) is 25.3 Å². The topological polar surface area (TPSA) is 169 Å². The van der Waals surface area contributed by atoms with Gasteiger partial charge in [-0.1, -0.05) is 22.9 Å². The summed E-state index contributed by atoms with van der Waals surface area (Å²) in [5, 5.41) is 8.12. The van der Waals surface area contributed by atoms with Gasteiger partial charge in [-0.25, -0.2) is 9.59 Å². The van der Waals surface area contributed by atoms with E-state index in [4.69, 9.17) is 0 Å². The molecule has 2 aromatic heterocycles. The molecule has 0 unspecified atom stereocenters. The van der Waals surface area contributed by atoms with Crippen molar-refractivity contribution in [3.8, 4) is 11.4 Å². The molecule has 0 radical (unpaired) electrons. The number of aryl methyl sites for hydroxylation is 1. The summed E-state index contributed by atoms with van der Waals surface area (Å²) in [5.74, 6) is -1.42. The molecule has 0 bridgehead atoms. The highest BCUT2D eigenvalue weighted by Crippen LogP contribution is 2.14. The molecule has 0 atom stereocenters. The maximum atomic E-state index is 12.8. The molecule has 13 heteroatoms. The van der Waals surface area contributed by atoms with Crippen LogP contribution >= 0.6 is 0 Å². The molecule has 2 heterocycles. The largest absolute Gasteiger partial charge is 0.439 e. The van der Waals surface area contributed by atoms with E-state index in [9.17, 15) is 22.8 Å². The number of imide groups is 1. The maximum absolute atomic E-state index is 12.8. The molecule has 12 nitrogen and oxygen atoms in total. The standard InChI is InChI=1S/C19H20N6O6S/c1-3-20-18(27)21-16(26)11-25-9-8-13(17-22-19(28)31-23-17)10-15(25)24-32(29,30)14-6-4-12(2)5-7-14/h4-10H,3,11H2,1-2H3,(H,22,23,28)(H2,20,21,26,27)/b24-15+. The second-order valence-electron chi connectivity index (χ2n) is 6.63. The quantitative estimate of drug-likeness (QED) is 0.474. The van der Waals surface area contributed by atoms with Crippen LogP contribution in [0.15, 0.2) is 61.2 Å². The molecule has 3 N–H and O–H groups in total. The van der Waals surface area contributed by atoms with Crippen LogP contribution in [0.25, 0.3) is 11.4 Å². The third kappa shape index (κ3) is 5.57. The number of amides is 3. The van der Waals surface area contributed by atoms with Crippen molar-refractivity contribution < 1.29 is 22.5 Å². The van der Waals surface area contributed by atoms with Crippen molar-refractivity contribution in [3.63, 3.8) is 0 Å². The van der Waals surface area contributed by atoms with E-state index in [-0.39, 0.29) is 16.2 Å². The number of sulfonamides is 1. The van der Waals surface area contributed by atoms with Gasteiger partial charge in [-0.3, -0.25) is 19.6 Å². The monoisotopic (exact) mass is 460 g/mol. The van der Waals surface area contributed by atoms with Crippen LogP contribution in [-0.4, -0.2) is 41.6 Å². The molecule has 0 fully saturated rings. The highest BCUT2D eigenvalue weighted by atomic mass is 32.2. The summed E-state index contributed by atoms with van der Waals surface area (Å²) in [6.45, 7) is 3.44. The number of pyridine rings is 1. The van der Waals surface area contributed by atoms with Gasteiger partial charge in [-0.2, -0.15) is 8.42 Å². The summed E-state index contributed by atoms with van der Waals surface area (Å²) in [7, 11) is -4.14. The first-order valence-corrected chi connectivity index (χ1v) is 10.8. The number of aromatic nitrogens is 3. The molecule has 0 aliphatic heterocycles. The van der Waals surface area contributed by atoms with E-state index in [0.717, 1.165) is 5.56 Å². The van der Waals surface area contributed by atoms with E-state index in [2.05, 4.69) is 29.7 Å². The number of H-pyrrole nitrogens is 1. The Morgan fingerprint density at radius 2 is 1.94 bits per heavy atom. The molecule has 3 amide bonds. The predicted molar refractivity (Wildman–Crippen MR) is 112 cm³/mol. The molecular weight excluding hydrogens is 440 g/mol. The van der Waals surface area contributed by atoms with Crippen molar-refractivity contribution >= 4 is 22.0 Å². The zero-order valence-electron chi connectivity index (χ0n) is 17.2. The van der Waals surface area contributed by atoms with Gasteiger partial charge in [0.05, 0.1) is 4.90 Å². The number of rotatable bonds is 6. The number of carbonyl (C=O) groups excluding carboxylic acids is 2. The first kappa shape index (κ1) is 22.7. The van der Waals surface area contributed by atoms with E-state index in [1.165, 1.54) is 35.0 Å². The van der Waals surface area contributed by atoms with E-state index >= 15 is 0 Å². The Hall–Kier alpha value is -4.00. The van der Waals surface area contributed by atoms with Crippen LogP contribution in [0.1, 0.15) is 12.5 Å². The van der Waals surface area contributed by atoms with Gasteiger partial charge in [0.2, 0.25) is 5.91 Å². The van der Waals surface area contributed by atoms with E-state index in [1.54, 1.807) is 19.1 Å². The molecule has 0 saturated carbocycles. The first-order chi connectivity index (χ1) is 15.2. The van der Waals surface area contributed by atoms with Gasteiger partial charge in [0, 0.05) is 18.3 Å². The fraction of sp³-hybridized carbons (Fsp3) is 0.211. The van der Waals surface area contributed by atoms with E-state index in [1.807, 2.05) is 6.92 Å². The fourth-order valence-electron chi connectivity index (χ4n) is 2.64. The normalized spacial score (nSPS) is 11.9. The number of benzene rings is 1. The van der Waals surface area contributed by atoms with Crippen molar-refractivity contribution in [3.05, 3.63) is 64.2 Å². The van der Waals surface area contributed by atoms with Crippen LogP contribution in [-0.2, 0) is 21.4 Å². The van der Waals surface area contributed by atoms with Gasteiger partial charge in [0.25, 0.3) is 10.0 Å². The molecule has 1 aromatic carbocycles. The second kappa shape index (κ2) is 9.43. The lowest BCUT2D eigenvalue weighted by Gasteiger charge is -2.09. The van der Waals surface area contributed by atoms with Crippen LogP contribution in [0.3, 0.4) is 0 Å². The van der Waals surface area contributed by atoms with Gasteiger partial charge in [0.1, 0.15) is 12.0 Å². The minimum absolute atomic E-state index is 0.0401. The Bertz CT molecular complexity index is 1370. The molecule has 32 heavy (non-hydrogen) atoms. The molecule has 168 valence electrons. The van der Waals surface area contributed by atoms with Gasteiger partial charge >= 0.3 is 11.8 Å². The summed E-state index contributed by atoms with van der Waals surface area (Å²) >= 11 is 0. The van der Waals surface area contributed by atoms with Crippen molar-refractivity contribution in [1.29, 1.82) is 0 Å². The Morgan fingerprint density at radius 1 is 1.22 bits per heavy atom. The highest BCUT2D eigenvalue weighted by Gasteiger charge is 2.15. The number of carbonyl (C=O) groups is 2. The van der Waals surface area contributed by atoms with E-state index < -0.39 is 34.3 Å². The average Bonchev–Trinajstić information content (AvgIpc) is 3.16. The van der Waals surface area contributed by atoms with E-state index in [0.29, 0.717) is 12.1 Å². The van der Waals surface area contributed by atoms with Crippen molar-refractivity contribution in [2.75, 3.05) is 6.54 Å². The minimum atomic E-state index is -4.14. The van der Waals surface area contributed by atoms with Gasteiger partial charge in [-0.05, 0) is 38.1 Å². The smallest absolute Gasteiger partial charge is 0.338 e. The Balaban J connectivity index is 2.06. The average molecular weight is 460 g/mol. The van der Waals surface area contributed by atoms with Crippen LogP contribution in [0.4, 0.5) is 4.79 Å². The van der Waals surface area contributed by atoms with Crippen LogP contribution < -0.4 is 21.9 Å². The lowest BCUT2D eigenvalue weighted by atomic mass is 10.2. The summed E-state index contributed by atoms with van der Waals surface area (Å²) < 4.78 is 35.2. The predicted octanol–water partition coefficient (Wildman–Crippen LogP) is 0.275. The number of hydrogen-bond donors (Lipinski definition) is 3. The lowest BCUT2D eigenvalue weighted by Crippen LogP contribution is -2.42. The molecule has 0 aliphatic carbocycles. The maximum Gasteiger partial charge on any atom is 0.439 e. The summed E-state index contributed by atoms with van der Waals surface area (Å²) in [6.07, 6.45) is 1.38. The SMILES string of the molecule is CCNC(=O)NC(=O)Cn1ccc(-c2noc(=O)[nH]2)c/c1=N\S(=O)(=O)c1ccc(C)cc1. The second-order valence-corrected chi connectivity index (χ2v) is 8.24. The summed E-state index contributed by atoms with van der Waals surface area (Å²) in [6, 6.07) is 8.21. The molecular formula is C19H20N6O6S. The Labute approximate surface area is 182 Å². The van der Waals surface area contributed by atoms with Crippen molar-refractivity contribution in [2.45, 2.75) is 25.3 Å². The van der Waals surface area contributed by atoms with Crippen molar-refractivity contribution in [2.24, 2.45) is 4.40 Å². The number of aromatic amines is 1. The molecule has 0 spiro atoms. The first-order valence-electron chi connectivity index (χ1n) is 9.40. The zero-order valence-corrected chi connectivity index (χ0v) is 18.0. The Morgan fingerprint density at radius 3 is 2.56 bits per heavy atom. The van der Waals surface area contributed by atoms with Crippen LogP contribution in [0, 0.1) is 6.92 Å². The Kier molecular flexibility index (Phi) is 6.68. The third-order valence-corrected chi connectivity index (χ3v) is 5.46. The minimum Gasteiger partial charge on any atom is -0.338 e. The lowest BCUT2D eigenvalue weighted by molar-refractivity contribution is -0.120. The number of nitrogens with zero attached hydrogens (tertiary/aromatic N) is 3. The highest BCUT2D eigenvalue weighted by molar-refractivity contribution is 7.90. The van der Waals surface area contributed by atoms with Crippen LogP contribution in [0.5, 0.6) is 0 Å². The number of nitrogens with one attached hydrogen (secondary N) is 3. The van der Waals surface area contributed by atoms with Gasteiger partial charge in [0.15, 0.2) is 5.82 Å². The summed E-state index contributed by atoms with van der Waals surface area (Å²) in [5.41, 5.74) is 1.05. The number of hydrogen-bond acceptors (Lipinski definition) is 7. The zero-order chi connectivity index (χ0) is 23.3. The molecule has 0 saturated heterocycles. The fourth-order valence-corrected chi connectivity index (χ4v) is 3.63. The third-order valence-electron chi connectivity index (χ3n) is 4.16. The molecule has 3 rings (SSSR count). The summed E-state index contributed by atoms with van der Waals surface area (Å²) in [4.78, 5) is 37.4. The van der Waals surface area contributed by atoms with Gasteiger partial charge in [-0.15, -0.1) is 4.40 Å². The van der Waals surface area contributed by atoms with Crippen LogP contribution in [0.2, 0.25) is 0 Å².